The van der Waals surface area contributed by atoms with Crippen molar-refractivity contribution in [1.29, 1.82) is 0 Å². The van der Waals surface area contributed by atoms with Crippen LogP contribution in [-0.2, 0) is 6.42 Å². The number of rotatable bonds is 9. The number of hydrogen-bond acceptors (Lipinski definition) is 2. The lowest BCUT2D eigenvalue weighted by Crippen LogP contribution is -2.34. The molecule has 0 radical (unpaired) electrons. The van der Waals surface area contributed by atoms with Crippen LogP contribution in [0, 0.1) is 5.41 Å². The van der Waals surface area contributed by atoms with Gasteiger partial charge in [0.15, 0.2) is 0 Å². The predicted octanol–water partition coefficient (Wildman–Crippen LogP) is 4.35. The summed E-state index contributed by atoms with van der Waals surface area (Å²) in [6, 6.07) is 2.81. The Hall–Kier alpha value is -0.830. The van der Waals surface area contributed by atoms with Crippen molar-refractivity contribution in [3.63, 3.8) is 0 Å². The van der Waals surface area contributed by atoms with E-state index in [4.69, 9.17) is 5.10 Å². The molecule has 0 saturated heterocycles. The molecule has 120 valence electrons. The molecule has 1 aliphatic rings. The molecule has 3 heteroatoms. The van der Waals surface area contributed by atoms with Crippen LogP contribution in [0.5, 0.6) is 0 Å². The summed E-state index contributed by atoms with van der Waals surface area (Å²) in [5.74, 6) is 0. The molecule has 1 N–H and O–H groups in total. The largest absolute Gasteiger partial charge is 0.316 e. The standard InChI is InChI=1S/C18H33N3/c1-4-12-19-15-18(10-7-8-11-18)14-16-9-13-21(20-16)17(5-2)6-3/h9,13,17,19H,4-8,10-12,14-15H2,1-3H3. The molecule has 1 aliphatic carbocycles. The molecule has 0 bridgehead atoms. The Morgan fingerprint density at radius 2 is 1.95 bits per heavy atom. The molecule has 0 aliphatic heterocycles. The Kier molecular flexibility index (Phi) is 6.28. The molecule has 1 saturated carbocycles. The summed E-state index contributed by atoms with van der Waals surface area (Å²) in [6.07, 6.45) is 12.4. The van der Waals surface area contributed by atoms with Gasteiger partial charge in [0.25, 0.3) is 0 Å². The minimum atomic E-state index is 0.461. The molecule has 1 heterocycles. The molecule has 0 unspecified atom stereocenters. The second kappa shape index (κ2) is 7.98. The highest BCUT2D eigenvalue weighted by molar-refractivity contribution is 5.06. The maximum absolute atomic E-state index is 4.88. The van der Waals surface area contributed by atoms with Crippen molar-refractivity contribution in [2.75, 3.05) is 13.1 Å². The molecular formula is C18H33N3. The van der Waals surface area contributed by atoms with E-state index in [9.17, 15) is 0 Å². The van der Waals surface area contributed by atoms with Crippen molar-refractivity contribution >= 4 is 0 Å². The van der Waals surface area contributed by atoms with Crippen LogP contribution < -0.4 is 5.32 Å². The lowest BCUT2D eigenvalue weighted by Gasteiger charge is -2.28. The van der Waals surface area contributed by atoms with E-state index in [1.807, 2.05) is 0 Å². The Labute approximate surface area is 130 Å². The van der Waals surface area contributed by atoms with Crippen molar-refractivity contribution in [2.45, 2.75) is 78.2 Å². The first-order chi connectivity index (χ1) is 10.2. The van der Waals surface area contributed by atoms with Gasteiger partial charge in [0.2, 0.25) is 0 Å². The van der Waals surface area contributed by atoms with Gasteiger partial charge < -0.3 is 5.32 Å². The van der Waals surface area contributed by atoms with Crippen LogP contribution in [0.2, 0.25) is 0 Å². The van der Waals surface area contributed by atoms with Crippen molar-refractivity contribution in [2.24, 2.45) is 5.41 Å². The average molecular weight is 291 g/mol. The highest BCUT2D eigenvalue weighted by Gasteiger charge is 2.34. The first-order valence-electron chi connectivity index (χ1n) is 8.97. The Morgan fingerprint density at radius 1 is 1.24 bits per heavy atom. The minimum absolute atomic E-state index is 0.461. The molecule has 2 rings (SSSR count). The first-order valence-corrected chi connectivity index (χ1v) is 8.97. The van der Waals surface area contributed by atoms with E-state index in [1.54, 1.807) is 0 Å². The SMILES string of the molecule is CCCNCC1(Cc2ccn(C(CC)CC)n2)CCCC1. The van der Waals surface area contributed by atoms with E-state index < -0.39 is 0 Å². The van der Waals surface area contributed by atoms with Gasteiger partial charge in [-0.1, -0.05) is 33.6 Å². The van der Waals surface area contributed by atoms with Gasteiger partial charge in [-0.15, -0.1) is 0 Å². The van der Waals surface area contributed by atoms with E-state index in [-0.39, 0.29) is 0 Å². The zero-order chi connectivity index (χ0) is 15.1. The summed E-state index contributed by atoms with van der Waals surface area (Å²) in [5, 5.41) is 8.53. The van der Waals surface area contributed by atoms with E-state index >= 15 is 0 Å². The lowest BCUT2D eigenvalue weighted by molar-refractivity contribution is 0.273. The van der Waals surface area contributed by atoms with Gasteiger partial charge in [0.05, 0.1) is 11.7 Å². The molecule has 0 amide bonds. The predicted molar refractivity (Wildman–Crippen MR) is 89.6 cm³/mol. The summed E-state index contributed by atoms with van der Waals surface area (Å²) in [7, 11) is 0. The van der Waals surface area contributed by atoms with E-state index in [1.165, 1.54) is 57.2 Å². The van der Waals surface area contributed by atoms with Gasteiger partial charge in [-0.2, -0.15) is 5.10 Å². The zero-order valence-electron chi connectivity index (χ0n) is 14.2. The third kappa shape index (κ3) is 4.32. The van der Waals surface area contributed by atoms with Gasteiger partial charge in [0, 0.05) is 12.7 Å². The van der Waals surface area contributed by atoms with Crippen LogP contribution in [0.1, 0.15) is 77.5 Å². The van der Waals surface area contributed by atoms with E-state index in [2.05, 4.69) is 43.0 Å². The van der Waals surface area contributed by atoms with Crippen LogP contribution in [0.4, 0.5) is 0 Å². The average Bonchev–Trinajstić information content (AvgIpc) is 3.12. The quantitative estimate of drug-likeness (QED) is 0.686. The Morgan fingerprint density at radius 3 is 2.57 bits per heavy atom. The fourth-order valence-electron chi connectivity index (χ4n) is 3.79. The monoisotopic (exact) mass is 291 g/mol. The van der Waals surface area contributed by atoms with E-state index in [0.29, 0.717) is 11.5 Å². The van der Waals surface area contributed by atoms with Gasteiger partial charge in [0.1, 0.15) is 0 Å². The molecule has 1 aromatic heterocycles. The minimum Gasteiger partial charge on any atom is -0.316 e. The molecule has 3 nitrogen and oxygen atoms in total. The first kappa shape index (κ1) is 16.5. The Balaban J connectivity index is 2.00. The fraction of sp³-hybridized carbons (Fsp3) is 0.833. The third-order valence-electron chi connectivity index (χ3n) is 5.13. The van der Waals surface area contributed by atoms with Gasteiger partial charge in [-0.3, -0.25) is 4.68 Å². The van der Waals surface area contributed by atoms with Crippen molar-refractivity contribution in [3.8, 4) is 0 Å². The molecular weight excluding hydrogens is 258 g/mol. The van der Waals surface area contributed by atoms with Crippen LogP contribution in [0.3, 0.4) is 0 Å². The normalized spacial score (nSPS) is 17.7. The van der Waals surface area contributed by atoms with Gasteiger partial charge >= 0.3 is 0 Å². The molecule has 0 spiro atoms. The van der Waals surface area contributed by atoms with Gasteiger partial charge in [-0.05, 0) is 56.6 Å². The number of nitrogens with zero attached hydrogens (tertiary/aromatic N) is 2. The van der Waals surface area contributed by atoms with E-state index in [0.717, 1.165) is 13.0 Å². The third-order valence-corrected chi connectivity index (χ3v) is 5.13. The van der Waals surface area contributed by atoms with Crippen LogP contribution in [-0.4, -0.2) is 22.9 Å². The zero-order valence-corrected chi connectivity index (χ0v) is 14.2. The van der Waals surface area contributed by atoms with Crippen LogP contribution in [0.25, 0.3) is 0 Å². The highest BCUT2D eigenvalue weighted by Crippen LogP contribution is 2.40. The summed E-state index contributed by atoms with van der Waals surface area (Å²) in [4.78, 5) is 0. The van der Waals surface area contributed by atoms with Crippen LogP contribution in [0.15, 0.2) is 12.3 Å². The van der Waals surface area contributed by atoms with Gasteiger partial charge in [-0.25, -0.2) is 0 Å². The van der Waals surface area contributed by atoms with Crippen molar-refractivity contribution in [1.82, 2.24) is 15.1 Å². The summed E-state index contributed by atoms with van der Waals surface area (Å²) < 4.78 is 2.19. The fourth-order valence-corrected chi connectivity index (χ4v) is 3.79. The maximum atomic E-state index is 4.88. The van der Waals surface area contributed by atoms with Crippen LogP contribution >= 0.6 is 0 Å². The number of hydrogen-bond donors (Lipinski definition) is 1. The molecule has 1 fully saturated rings. The summed E-state index contributed by atoms with van der Waals surface area (Å²) in [5.41, 5.74) is 1.75. The maximum Gasteiger partial charge on any atom is 0.0630 e. The lowest BCUT2D eigenvalue weighted by atomic mass is 9.81. The molecule has 1 aromatic rings. The molecule has 0 aromatic carbocycles. The summed E-state index contributed by atoms with van der Waals surface area (Å²) >= 11 is 0. The number of nitrogens with one attached hydrogen (secondary N) is 1. The smallest absolute Gasteiger partial charge is 0.0630 e. The topological polar surface area (TPSA) is 29.9 Å². The second-order valence-corrected chi connectivity index (χ2v) is 6.82. The van der Waals surface area contributed by atoms with Crippen molar-refractivity contribution in [3.05, 3.63) is 18.0 Å². The molecule has 0 atom stereocenters. The van der Waals surface area contributed by atoms with Crippen molar-refractivity contribution < 1.29 is 0 Å². The summed E-state index contributed by atoms with van der Waals surface area (Å²) in [6.45, 7) is 9.06. The second-order valence-electron chi connectivity index (χ2n) is 6.82. The highest BCUT2D eigenvalue weighted by atomic mass is 15.3. The number of aromatic nitrogens is 2. The Bertz CT molecular complexity index is 400. The molecule has 21 heavy (non-hydrogen) atoms.